The van der Waals surface area contributed by atoms with E-state index in [4.69, 9.17) is 9.15 Å². The average molecular weight is 385 g/mol. The Hall–Kier alpha value is -1.63. The molecule has 2 saturated heterocycles. The molecule has 1 N–H and O–H groups in total. The highest BCUT2D eigenvalue weighted by atomic mass is 16.5. The van der Waals surface area contributed by atoms with Gasteiger partial charge in [-0.25, -0.2) is 0 Å². The lowest BCUT2D eigenvalue weighted by Gasteiger charge is -2.33. The molecule has 2 aliphatic heterocycles. The van der Waals surface area contributed by atoms with Crippen molar-refractivity contribution in [1.29, 1.82) is 0 Å². The molecule has 3 atom stereocenters. The van der Waals surface area contributed by atoms with Crippen LogP contribution in [0.3, 0.4) is 0 Å². The SMILES string of the molecule is C[C@@H]1C[C@@H]1c1ccc(CN2CCC[C@@H](c3[nH]ncc3CN3CCOCC3)C2)o1. The number of hydrogen-bond donors (Lipinski definition) is 1. The molecule has 0 unspecified atom stereocenters. The van der Waals surface area contributed by atoms with E-state index in [1.54, 1.807) is 0 Å². The van der Waals surface area contributed by atoms with Gasteiger partial charge >= 0.3 is 0 Å². The van der Waals surface area contributed by atoms with Gasteiger partial charge in [0.2, 0.25) is 0 Å². The van der Waals surface area contributed by atoms with Crippen molar-refractivity contribution in [2.45, 2.75) is 51.1 Å². The lowest BCUT2D eigenvalue weighted by molar-refractivity contribution is 0.0339. The van der Waals surface area contributed by atoms with E-state index in [1.807, 2.05) is 6.20 Å². The predicted molar refractivity (Wildman–Crippen MR) is 107 cm³/mol. The van der Waals surface area contributed by atoms with Crippen molar-refractivity contribution >= 4 is 0 Å². The summed E-state index contributed by atoms with van der Waals surface area (Å²) in [5.41, 5.74) is 2.69. The summed E-state index contributed by atoms with van der Waals surface area (Å²) in [6.07, 6.45) is 5.77. The Morgan fingerprint density at radius 2 is 2.00 bits per heavy atom. The highest BCUT2D eigenvalue weighted by molar-refractivity contribution is 5.22. The van der Waals surface area contributed by atoms with Gasteiger partial charge in [-0.05, 0) is 43.9 Å². The third-order valence-corrected chi connectivity index (χ3v) is 6.70. The number of aromatic nitrogens is 2. The zero-order valence-electron chi connectivity index (χ0n) is 16.9. The number of likely N-dealkylation sites (tertiary alicyclic amines) is 1. The second-order valence-corrected chi connectivity index (χ2v) is 8.90. The Balaban J connectivity index is 1.21. The van der Waals surface area contributed by atoms with Crippen molar-refractivity contribution in [3.8, 4) is 0 Å². The van der Waals surface area contributed by atoms with Crippen molar-refractivity contribution < 1.29 is 9.15 Å². The van der Waals surface area contributed by atoms with E-state index >= 15 is 0 Å². The van der Waals surface area contributed by atoms with Gasteiger partial charge in [0.1, 0.15) is 11.5 Å². The van der Waals surface area contributed by atoms with E-state index in [9.17, 15) is 0 Å². The Kier molecular flexibility index (Phi) is 5.26. The van der Waals surface area contributed by atoms with E-state index < -0.39 is 0 Å². The Morgan fingerprint density at radius 1 is 1.14 bits per heavy atom. The van der Waals surface area contributed by atoms with Crippen molar-refractivity contribution in [2.24, 2.45) is 5.92 Å². The molecule has 152 valence electrons. The Labute approximate surface area is 167 Å². The van der Waals surface area contributed by atoms with Crippen LogP contribution in [0.1, 0.15) is 60.8 Å². The van der Waals surface area contributed by atoms with Gasteiger partial charge in [0, 0.05) is 49.3 Å². The molecule has 0 amide bonds. The second kappa shape index (κ2) is 8.01. The van der Waals surface area contributed by atoms with Gasteiger partial charge in [-0.3, -0.25) is 14.9 Å². The lowest BCUT2D eigenvalue weighted by Crippen LogP contribution is -2.37. The number of morpholine rings is 1. The van der Waals surface area contributed by atoms with E-state index in [-0.39, 0.29) is 0 Å². The molecule has 1 aliphatic carbocycles. The van der Waals surface area contributed by atoms with Crippen molar-refractivity contribution in [3.05, 3.63) is 41.1 Å². The minimum atomic E-state index is 0.533. The van der Waals surface area contributed by atoms with E-state index in [0.717, 1.165) is 64.2 Å². The summed E-state index contributed by atoms with van der Waals surface area (Å²) in [7, 11) is 0. The molecule has 0 bridgehead atoms. The van der Waals surface area contributed by atoms with Crippen molar-refractivity contribution in [3.63, 3.8) is 0 Å². The summed E-state index contributed by atoms with van der Waals surface area (Å²) in [4.78, 5) is 5.02. The number of nitrogens with one attached hydrogen (secondary N) is 1. The molecule has 0 aromatic carbocycles. The maximum Gasteiger partial charge on any atom is 0.118 e. The van der Waals surface area contributed by atoms with Crippen LogP contribution < -0.4 is 0 Å². The molecule has 3 aliphatic rings. The number of rotatable bonds is 6. The summed E-state index contributed by atoms with van der Waals surface area (Å²) in [5, 5.41) is 7.71. The van der Waals surface area contributed by atoms with Crippen LogP contribution in [0.25, 0.3) is 0 Å². The van der Waals surface area contributed by atoms with E-state index in [2.05, 4.69) is 39.1 Å². The first-order chi connectivity index (χ1) is 13.8. The maximum atomic E-state index is 6.15. The zero-order chi connectivity index (χ0) is 18.9. The highest BCUT2D eigenvalue weighted by Crippen LogP contribution is 2.47. The molecular formula is C22H32N4O2. The molecule has 0 radical (unpaired) electrons. The predicted octanol–water partition coefficient (Wildman–Crippen LogP) is 3.34. The van der Waals surface area contributed by atoms with Crippen LogP contribution in [0.2, 0.25) is 0 Å². The van der Waals surface area contributed by atoms with Gasteiger partial charge in [0.25, 0.3) is 0 Å². The lowest BCUT2D eigenvalue weighted by atomic mass is 9.92. The second-order valence-electron chi connectivity index (χ2n) is 8.90. The minimum Gasteiger partial charge on any atom is -0.464 e. The minimum absolute atomic E-state index is 0.533. The molecule has 2 aromatic heterocycles. The average Bonchev–Trinajstić information content (AvgIpc) is 3.09. The highest BCUT2D eigenvalue weighted by Gasteiger charge is 2.36. The molecule has 5 rings (SSSR count). The fourth-order valence-electron chi connectivity index (χ4n) is 4.85. The smallest absolute Gasteiger partial charge is 0.118 e. The van der Waals surface area contributed by atoms with Crippen LogP contribution >= 0.6 is 0 Å². The summed E-state index contributed by atoms with van der Waals surface area (Å²) in [6.45, 7) is 10.2. The Morgan fingerprint density at radius 3 is 2.82 bits per heavy atom. The first-order valence-corrected chi connectivity index (χ1v) is 10.9. The van der Waals surface area contributed by atoms with Crippen LogP contribution in [-0.2, 0) is 17.8 Å². The molecule has 3 fully saturated rings. The van der Waals surface area contributed by atoms with Crippen LogP contribution in [0, 0.1) is 5.92 Å². The summed E-state index contributed by atoms with van der Waals surface area (Å²) >= 11 is 0. The van der Waals surface area contributed by atoms with Gasteiger partial charge in [0.15, 0.2) is 0 Å². The summed E-state index contributed by atoms with van der Waals surface area (Å²) < 4.78 is 11.6. The quantitative estimate of drug-likeness (QED) is 0.828. The van der Waals surface area contributed by atoms with Gasteiger partial charge in [-0.2, -0.15) is 5.10 Å². The van der Waals surface area contributed by atoms with E-state index in [0.29, 0.717) is 11.8 Å². The molecular weight excluding hydrogens is 352 g/mol. The van der Waals surface area contributed by atoms with Crippen molar-refractivity contribution in [2.75, 3.05) is 39.4 Å². The van der Waals surface area contributed by atoms with Gasteiger partial charge in [-0.15, -0.1) is 0 Å². The molecule has 6 nitrogen and oxygen atoms in total. The standard InChI is InChI=1S/C22H32N4O2/c1-16-11-20(16)21-5-4-19(28-21)15-26-6-2-3-17(13-26)22-18(12-23-24-22)14-25-7-9-27-10-8-25/h4-5,12,16-17,20H,2-3,6-11,13-15H2,1H3,(H,23,24)/t16-,17-,20+/m1/s1. The third kappa shape index (κ3) is 4.04. The molecule has 28 heavy (non-hydrogen) atoms. The molecule has 6 heteroatoms. The largest absolute Gasteiger partial charge is 0.464 e. The fourth-order valence-corrected chi connectivity index (χ4v) is 4.85. The zero-order valence-corrected chi connectivity index (χ0v) is 16.9. The van der Waals surface area contributed by atoms with E-state index in [1.165, 1.54) is 36.3 Å². The van der Waals surface area contributed by atoms with Gasteiger partial charge in [0.05, 0.1) is 26.0 Å². The number of aromatic amines is 1. The number of nitrogens with zero attached hydrogens (tertiary/aromatic N) is 3. The number of ether oxygens (including phenoxy) is 1. The fraction of sp³-hybridized carbons (Fsp3) is 0.682. The number of piperidine rings is 1. The van der Waals surface area contributed by atoms with Crippen LogP contribution in [0.15, 0.2) is 22.7 Å². The summed E-state index contributed by atoms with van der Waals surface area (Å²) in [6, 6.07) is 4.38. The molecule has 2 aromatic rings. The maximum absolute atomic E-state index is 6.15. The van der Waals surface area contributed by atoms with Crippen LogP contribution in [0.4, 0.5) is 0 Å². The van der Waals surface area contributed by atoms with Crippen molar-refractivity contribution in [1.82, 2.24) is 20.0 Å². The van der Waals surface area contributed by atoms with Gasteiger partial charge < -0.3 is 9.15 Å². The monoisotopic (exact) mass is 384 g/mol. The Bertz CT molecular complexity index is 779. The van der Waals surface area contributed by atoms with Gasteiger partial charge in [-0.1, -0.05) is 6.92 Å². The first kappa shape index (κ1) is 18.4. The molecule has 1 saturated carbocycles. The first-order valence-electron chi connectivity index (χ1n) is 10.9. The molecule has 4 heterocycles. The molecule has 0 spiro atoms. The normalized spacial score (nSPS) is 29.2. The number of furan rings is 1. The topological polar surface area (TPSA) is 57.5 Å². The summed E-state index contributed by atoms with van der Waals surface area (Å²) in [5.74, 6) is 4.30. The van der Waals surface area contributed by atoms with Crippen LogP contribution in [0.5, 0.6) is 0 Å². The third-order valence-electron chi connectivity index (χ3n) is 6.70. The number of hydrogen-bond acceptors (Lipinski definition) is 5. The van der Waals surface area contributed by atoms with Crippen LogP contribution in [-0.4, -0.2) is 59.4 Å². The number of H-pyrrole nitrogens is 1.